The molecule has 4 heteroatoms. The molecule has 106 valence electrons. The highest BCUT2D eigenvalue weighted by molar-refractivity contribution is 5.78. The fourth-order valence-corrected chi connectivity index (χ4v) is 2.51. The Kier molecular flexibility index (Phi) is 5.17. The maximum atomic E-state index is 11.8. The topological polar surface area (TPSA) is 44.4 Å². The van der Waals surface area contributed by atoms with E-state index >= 15 is 0 Å². The first-order chi connectivity index (χ1) is 8.19. The van der Waals surface area contributed by atoms with Crippen LogP contribution in [0.5, 0.6) is 0 Å². The van der Waals surface area contributed by atoms with E-state index in [9.17, 15) is 4.79 Å². The van der Waals surface area contributed by atoms with Gasteiger partial charge in [0.1, 0.15) is 0 Å². The van der Waals surface area contributed by atoms with Crippen molar-refractivity contribution in [3.05, 3.63) is 0 Å². The van der Waals surface area contributed by atoms with Crippen LogP contribution in [0.4, 0.5) is 0 Å². The molecule has 3 unspecified atom stereocenters. The van der Waals surface area contributed by atoms with Crippen LogP contribution in [0.1, 0.15) is 41.0 Å². The van der Waals surface area contributed by atoms with E-state index in [-0.39, 0.29) is 11.4 Å². The van der Waals surface area contributed by atoms with Gasteiger partial charge in [0.25, 0.3) is 0 Å². The van der Waals surface area contributed by atoms with Crippen LogP contribution in [0.2, 0.25) is 0 Å². The van der Waals surface area contributed by atoms with Crippen molar-refractivity contribution in [1.82, 2.24) is 15.5 Å². The number of hydrogen-bond donors (Lipinski definition) is 2. The Hall–Kier alpha value is -0.610. The number of nitrogens with zero attached hydrogens (tertiary/aromatic N) is 1. The normalized spacial score (nSPS) is 30.2. The average molecular weight is 255 g/mol. The minimum atomic E-state index is -0.148. The number of rotatable bonds is 3. The van der Waals surface area contributed by atoms with Gasteiger partial charge in [0.15, 0.2) is 0 Å². The first-order valence-corrected chi connectivity index (χ1v) is 6.93. The molecule has 1 amide bonds. The molecule has 1 fully saturated rings. The number of amides is 1. The second-order valence-electron chi connectivity index (χ2n) is 6.79. The fraction of sp³-hybridized carbons (Fsp3) is 0.929. The number of carbonyl (C=O) groups is 1. The maximum absolute atomic E-state index is 11.8. The van der Waals surface area contributed by atoms with Crippen molar-refractivity contribution in [3.8, 4) is 0 Å². The molecular weight excluding hydrogens is 226 g/mol. The molecule has 0 radical (unpaired) electrons. The van der Waals surface area contributed by atoms with Crippen LogP contribution in [0.25, 0.3) is 0 Å². The molecule has 4 nitrogen and oxygen atoms in total. The molecule has 1 saturated heterocycles. The van der Waals surface area contributed by atoms with Crippen LogP contribution in [0.3, 0.4) is 0 Å². The van der Waals surface area contributed by atoms with Crippen molar-refractivity contribution < 1.29 is 4.79 Å². The van der Waals surface area contributed by atoms with Crippen molar-refractivity contribution in [2.24, 2.45) is 5.92 Å². The van der Waals surface area contributed by atoms with Gasteiger partial charge in [-0.3, -0.25) is 4.79 Å². The summed E-state index contributed by atoms with van der Waals surface area (Å²) in [4.78, 5) is 14.2. The van der Waals surface area contributed by atoms with Gasteiger partial charge in [-0.05, 0) is 47.1 Å². The Morgan fingerprint density at radius 1 is 1.33 bits per heavy atom. The molecule has 0 spiro atoms. The highest BCUT2D eigenvalue weighted by atomic mass is 16.2. The van der Waals surface area contributed by atoms with Crippen LogP contribution in [0.15, 0.2) is 0 Å². The van der Waals surface area contributed by atoms with Crippen molar-refractivity contribution >= 4 is 5.91 Å². The minimum absolute atomic E-state index is 0.0845. The first-order valence-electron chi connectivity index (χ1n) is 6.93. The molecule has 1 aliphatic heterocycles. The summed E-state index contributed by atoms with van der Waals surface area (Å²) in [5.74, 6) is 0.676. The summed E-state index contributed by atoms with van der Waals surface area (Å²) >= 11 is 0. The molecule has 0 saturated carbocycles. The molecule has 1 rings (SSSR count). The Labute approximate surface area is 111 Å². The third-order valence-corrected chi connectivity index (χ3v) is 3.65. The Bertz CT molecular complexity index is 285. The van der Waals surface area contributed by atoms with Crippen LogP contribution in [0, 0.1) is 5.92 Å². The second kappa shape index (κ2) is 6.02. The summed E-state index contributed by atoms with van der Waals surface area (Å²) in [6.07, 6.45) is 1.11. The zero-order chi connectivity index (χ0) is 13.9. The highest BCUT2D eigenvalue weighted by Crippen LogP contribution is 2.20. The first kappa shape index (κ1) is 15.4. The van der Waals surface area contributed by atoms with E-state index in [1.165, 1.54) is 0 Å². The molecule has 18 heavy (non-hydrogen) atoms. The number of hydrogen-bond acceptors (Lipinski definition) is 3. The summed E-state index contributed by atoms with van der Waals surface area (Å²) in [6.45, 7) is 12.0. The molecule has 0 aromatic rings. The van der Waals surface area contributed by atoms with Gasteiger partial charge in [0.05, 0.1) is 6.54 Å². The maximum Gasteiger partial charge on any atom is 0.234 e. The second-order valence-corrected chi connectivity index (χ2v) is 6.79. The van der Waals surface area contributed by atoms with E-state index in [1.807, 2.05) is 20.8 Å². The SMILES string of the molecule is CC1CN(C)C(C)CC1NCC(=O)NC(C)(C)C. The quantitative estimate of drug-likeness (QED) is 0.797. The Morgan fingerprint density at radius 3 is 2.50 bits per heavy atom. The van der Waals surface area contributed by atoms with Crippen LogP contribution in [-0.4, -0.2) is 48.6 Å². The molecule has 1 heterocycles. The van der Waals surface area contributed by atoms with Crippen molar-refractivity contribution in [1.29, 1.82) is 0 Å². The van der Waals surface area contributed by atoms with Crippen LogP contribution >= 0.6 is 0 Å². The fourth-order valence-electron chi connectivity index (χ4n) is 2.51. The third-order valence-electron chi connectivity index (χ3n) is 3.65. The highest BCUT2D eigenvalue weighted by Gasteiger charge is 2.28. The summed E-state index contributed by atoms with van der Waals surface area (Å²) in [7, 11) is 2.17. The van der Waals surface area contributed by atoms with Crippen LogP contribution in [-0.2, 0) is 4.79 Å². The Balaban J connectivity index is 2.37. The number of carbonyl (C=O) groups excluding carboxylic acids is 1. The zero-order valence-electron chi connectivity index (χ0n) is 12.7. The van der Waals surface area contributed by atoms with Crippen molar-refractivity contribution in [2.75, 3.05) is 20.1 Å². The largest absolute Gasteiger partial charge is 0.350 e. The summed E-state index contributed by atoms with van der Waals surface area (Å²) in [5, 5.41) is 6.39. The monoisotopic (exact) mass is 255 g/mol. The van der Waals surface area contributed by atoms with Gasteiger partial charge in [0, 0.05) is 24.2 Å². The lowest BCUT2D eigenvalue weighted by atomic mass is 9.90. The van der Waals surface area contributed by atoms with Gasteiger partial charge >= 0.3 is 0 Å². The molecular formula is C14H29N3O. The average Bonchev–Trinajstić information content (AvgIpc) is 2.19. The lowest BCUT2D eigenvalue weighted by molar-refractivity contribution is -0.121. The van der Waals surface area contributed by atoms with E-state index < -0.39 is 0 Å². The van der Waals surface area contributed by atoms with Gasteiger partial charge in [-0.25, -0.2) is 0 Å². The molecule has 0 aromatic carbocycles. The predicted octanol–water partition coefficient (Wildman–Crippen LogP) is 1.22. The molecule has 3 atom stereocenters. The van der Waals surface area contributed by atoms with Crippen molar-refractivity contribution in [2.45, 2.75) is 58.7 Å². The minimum Gasteiger partial charge on any atom is -0.350 e. The predicted molar refractivity (Wildman–Crippen MR) is 75.6 cm³/mol. The van der Waals surface area contributed by atoms with E-state index in [4.69, 9.17) is 0 Å². The van der Waals surface area contributed by atoms with Gasteiger partial charge in [0.2, 0.25) is 5.91 Å². The molecule has 1 aliphatic rings. The molecule has 0 bridgehead atoms. The third kappa shape index (κ3) is 4.94. The van der Waals surface area contributed by atoms with E-state index in [0.29, 0.717) is 24.5 Å². The van der Waals surface area contributed by atoms with Gasteiger partial charge in [-0.15, -0.1) is 0 Å². The number of likely N-dealkylation sites (tertiary alicyclic amines) is 1. The molecule has 0 aliphatic carbocycles. The summed E-state index contributed by atoms with van der Waals surface area (Å²) < 4.78 is 0. The van der Waals surface area contributed by atoms with E-state index in [1.54, 1.807) is 0 Å². The smallest absolute Gasteiger partial charge is 0.234 e. The van der Waals surface area contributed by atoms with Gasteiger partial charge < -0.3 is 15.5 Å². The standard InChI is InChI=1S/C14H29N3O/c1-10-9-17(6)11(2)7-12(10)15-8-13(18)16-14(3,4)5/h10-12,15H,7-9H2,1-6H3,(H,16,18). The lowest BCUT2D eigenvalue weighted by Gasteiger charge is -2.40. The zero-order valence-corrected chi connectivity index (χ0v) is 12.7. The van der Waals surface area contributed by atoms with E-state index in [2.05, 4.69) is 36.4 Å². The molecule has 0 aromatic heterocycles. The Morgan fingerprint density at radius 2 is 1.94 bits per heavy atom. The number of piperidine rings is 1. The summed E-state index contributed by atoms with van der Waals surface area (Å²) in [5.41, 5.74) is -0.148. The van der Waals surface area contributed by atoms with Crippen molar-refractivity contribution in [3.63, 3.8) is 0 Å². The van der Waals surface area contributed by atoms with Crippen LogP contribution < -0.4 is 10.6 Å². The number of nitrogens with one attached hydrogen (secondary N) is 2. The van der Waals surface area contributed by atoms with Gasteiger partial charge in [-0.2, -0.15) is 0 Å². The van der Waals surface area contributed by atoms with E-state index in [0.717, 1.165) is 13.0 Å². The molecule has 2 N–H and O–H groups in total. The lowest BCUT2D eigenvalue weighted by Crippen LogP contribution is -2.53. The summed E-state index contributed by atoms with van der Waals surface area (Å²) in [6, 6.07) is 1.03. The van der Waals surface area contributed by atoms with Gasteiger partial charge in [-0.1, -0.05) is 6.92 Å².